The third kappa shape index (κ3) is 2.46. The number of aromatic amines is 1. The number of anilines is 1. The molecule has 0 radical (unpaired) electrons. The van der Waals surface area contributed by atoms with Crippen molar-refractivity contribution in [1.82, 2.24) is 15.2 Å². The molecule has 0 bridgehead atoms. The topological polar surface area (TPSA) is 53.6 Å². The standard InChI is InChI=1S/C13H18N4/c1-13(2,3)12-15-11(16-17-12)9-5-7-10(14-4)8-6-9/h5-8,14H,1-4H3,(H,15,16,17). The van der Waals surface area contributed by atoms with Crippen molar-refractivity contribution >= 4 is 5.69 Å². The second-order valence-corrected chi connectivity index (χ2v) is 5.08. The van der Waals surface area contributed by atoms with Crippen LogP contribution in [0.5, 0.6) is 0 Å². The van der Waals surface area contributed by atoms with E-state index in [9.17, 15) is 0 Å². The van der Waals surface area contributed by atoms with Gasteiger partial charge >= 0.3 is 0 Å². The van der Waals surface area contributed by atoms with Crippen molar-refractivity contribution in [2.24, 2.45) is 0 Å². The first-order valence-corrected chi connectivity index (χ1v) is 5.72. The molecule has 1 heterocycles. The van der Waals surface area contributed by atoms with E-state index in [0.717, 1.165) is 22.9 Å². The van der Waals surface area contributed by atoms with Crippen molar-refractivity contribution in [3.63, 3.8) is 0 Å². The maximum Gasteiger partial charge on any atom is 0.181 e. The monoisotopic (exact) mass is 230 g/mol. The average Bonchev–Trinajstić information content (AvgIpc) is 2.78. The van der Waals surface area contributed by atoms with Gasteiger partial charge in [0.15, 0.2) is 5.82 Å². The first-order chi connectivity index (χ1) is 8.00. The van der Waals surface area contributed by atoms with Gasteiger partial charge in [0, 0.05) is 23.7 Å². The lowest BCUT2D eigenvalue weighted by atomic mass is 9.96. The molecule has 0 aliphatic heterocycles. The van der Waals surface area contributed by atoms with Crippen LogP contribution in [0.15, 0.2) is 24.3 Å². The average molecular weight is 230 g/mol. The van der Waals surface area contributed by atoms with E-state index >= 15 is 0 Å². The lowest BCUT2D eigenvalue weighted by Gasteiger charge is -2.12. The van der Waals surface area contributed by atoms with Crippen LogP contribution >= 0.6 is 0 Å². The van der Waals surface area contributed by atoms with Crippen molar-refractivity contribution in [1.29, 1.82) is 0 Å². The summed E-state index contributed by atoms with van der Waals surface area (Å²) in [5, 5.41) is 10.3. The maximum atomic E-state index is 4.52. The third-order valence-corrected chi connectivity index (χ3v) is 2.63. The SMILES string of the molecule is CNc1ccc(-c2n[nH]c(C(C)(C)C)n2)cc1. The molecule has 0 aliphatic carbocycles. The van der Waals surface area contributed by atoms with E-state index in [0.29, 0.717) is 0 Å². The van der Waals surface area contributed by atoms with Crippen LogP contribution in [0.3, 0.4) is 0 Å². The van der Waals surface area contributed by atoms with Crippen LogP contribution in [0.4, 0.5) is 5.69 Å². The fourth-order valence-corrected chi connectivity index (χ4v) is 1.51. The lowest BCUT2D eigenvalue weighted by Crippen LogP contribution is -2.13. The Hall–Kier alpha value is -1.84. The summed E-state index contributed by atoms with van der Waals surface area (Å²) in [6.45, 7) is 6.34. The predicted octanol–water partition coefficient (Wildman–Crippen LogP) is 2.81. The van der Waals surface area contributed by atoms with Gasteiger partial charge in [-0.15, -0.1) is 0 Å². The van der Waals surface area contributed by atoms with Gasteiger partial charge in [0.05, 0.1) is 0 Å². The highest BCUT2D eigenvalue weighted by atomic mass is 15.2. The molecule has 2 rings (SSSR count). The molecule has 2 aromatic rings. The fraction of sp³-hybridized carbons (Fsp3) is 0.385. The lowest BCUT2D eigenvalue weighted by molar-refractivity contribution is 0.548. The van der Waals surface area contributed by atoms with Gasteiger partial charge in [0.1, 0.15) is 5.82 Å². The highest BCUT2D eigenvalue weighted by Gasteiger charge is 2.18. The van der Waals surface area contributed by atoms with Crippen LogP contribution in [-0.2, 0) is 5.41 Å². The molecule has 17 heavy (non-hydrogen) atoms. The van der Waals surface area contributed by atoms with Crippen molar-refractivity contribution < 1.29 is 0 Å². The van der Waals surface area contributed by atoms with Crippen LogP contribution in [0.25, 0.3) is 11.4 Å². The Morgan fingerprint density at radius 1 is 1.12 bits per heavy atom. The zero-order valence-electron chi connectivity index (χ0n) is 10.7. The second kappa shape index (κ2) is 4.20. The number of hydrogen-bond donors (Lipinski definition) is 2. The minimum absolute atomic E-state index is 0.00380. The molecule has 2 N–H and O–H groups in total. The van der Waals surface area contributed by atoms with Crippen LogP contribution < -0.4 is 5.32 Å². The van der Waals surface area contributed by atoms with Gasteiger partial charge in [-0.2, -0.15) is 5.10 Å². The summed E-state index contributed by atoms with van der Waals surface area (Å²) in [5.41, 5.74) is 2.10. The Bertz CT molecular complexity index is 491. The molecule has 0 aliphatic rings. The molecule has 0 atom stereocenters. The molecule has 4 nitrogen and oxygen atoms in total. The first-order valence-electron chi connectivity index (χ1n) is 5.72. The zero-order valence-corrected chi connectivity index (χ0v) is 10.7. The summed E-state index contributed by atoms with van der Waals surface area (Å²) in [5.74, 6) is 1.66. The van der Waals surface area contributed by atoms with Crippen LogP contribution in [-0.4, -0.2) is 22.2 Å². The summed E-state index contributed by atoms with van der Waals surface area (Å²) in [6.07, 6.45) is 0. The largest absolute Gasteiger partial charge is 0.388 e. The highest BCUT2D eigenvalue weighted by molar-refractivity contribution is 5.59. The van der Waals surface area contributed by atoms with Crippen molar-refractivity contribution in [2.45, 2.75) is 26.2 Å². The van der Waals surface area contributed by atoms with E-state index in [2.05, 4.69) is 41.3 Å². The number of aromatic nitrogens is 3. The van der Waals surface area contributed by atoms with E-state index in [-0.39, 0.29) is 5.41 Å². The van der Waals surface area contributed by atoms with Gasteiger partial charge in [-0.05, 0) is 24.3 Å². The quantitative estimate of drug-likeness (QED) is 0.834. The minimum atomic E-state index is -0.00380. The number of hydrogen-bond acceptors (Lipinski definition) is 3. The van der Waals surface area contributed by atoms with Gasteiger partial charge < -0.3 is 5.32 Å². The van der Waals surface area contributed by atoms with Gasteiger partial charge in [-0.25, -0.2) is 4.98 Å². The number of H-pyrrole nitrogens is 1. The second-order valence-electron chi connectivity index (χ2n) is 5.08. The number of rotatable bonds is 2. The van der Waals surface area contributed by atoms with E-state index < -0.39 is 0 Å². The smallest absolute Gasteiger partial charge is 0.181 e. The van der Waals surface area contributed by atoms with E-state index in [1.807, 2.05) is 31.3 Å². The molecular weight excluding hydrogens is 212 g/mol. The van der Waals surface area contributed by atoms with Crippen LogP contribution in [0, 0.1) is 0 Å². The van der Waals surface area contributed by atoms with Crippen molar-refractivity contribution in [3.05, 3.63) is 30.1 Å². The fourth-order valence-electron chi connectivity index (χ4n) is 1.51. The van der Waals surface area contributed by atoms with Gasteiger partial charge in [-0.1, -0.05) is 20.8 Å². The Balaban J connectivity index is 2.30. The molecule has 90 valence electrons. The first kappa shape index (κ1) is 11.6. The summed E-state index contributed by atoms with van der Waals surface area (Å²) < 4.78 is 0. The molecular formula is C13H18N4. The summed E-state index contributed by atoms with van der Waals surface area (Å²) in [7, 11) is 1.90. The van der Waals surface area contributed by atoms with Crippen LogP contribution in [0.1, 0.15) is 26.6 Å². The predicted molar refractivity (Wildman–Crippen MR) is 70.1 cm³/mol. The zero-order chi connectivity index (χ0) is 12.5. The van der Waals surface area contributed by atoms with Gasteiger partial charge in [0.2, 0.25) is 0 Å². The Labute approximate surface area is 101 Å². The Morgan fingerprint density at radius 2 is 1.76 bits per heavy atom. The van der Waals surface area contributed by atoms with Gasteiger partial charge in [0.25, 0.3) is 0 Å². The van der Waals surface area contributed by atoms with Crippen LogP contribution in [0.2, 0.25) is 0 Å². The normalized spacial score (nSPS) is 11.5. The molecule has 1 aromatic heterocycles. The van der Waals surface area contributed by atoms with E-state index in [1.165, 1.54) is 0 Å². The Morgan fingerprint density at radius 3 is 2.24 bits per heavy atom. The number of nitrogens with one attached hydrogen (secondary N) is 2. The minimum Gasteiger partial charge on any atom is -0.388 e. The maximum absolute atomic E-state index is 4.52. The summed E-state index contributed by atoms with van der Waals surface area (Å²) >= 11 is 0. The highest BCUT2D eigenvalue weighted by Crippen LogP contribution is 2.22. The molecule has 0 amide bonds. The Kier molecular flexibility index (Phi) is 2.88. The van der Waals surface area contributed by atoms with Crippen molar-refractivity contribution in [3.8, 4) is 11.4 Å². The summed E-state index contributed by atoms with van der Waals surface area (Å²) in [4.78, 5) is 4.52. The van der Waals surface area contributed by atoms with E-state index in [1.54, 1.807) is 0 Å². The summed E-state index contributed by atoms with van der Waals surface area (Å²) in [6, 6.07) is 8.06. The number of nitrogens with zero attached hydrogens (tertiary/aromatic N) is 2. The van der Waals surface area contributed by atoms with E-state index in [4.69, 9.17) is 0 Å². The molecule has 0 saturated heterocycles. The van der Waals surface area contributed by atoms with Gasteiger partial charge in [-0.3, -0.25) is 5.10 Å². The molecule has 0 unspecified atom stereocenters. The molecule has 1 aromatic carbocycles. The molecule has 0 spiro atoms. The molecule has 0 saturated carbocycles. The molecule has 0 fully saturated rings. The molecule has 4 heteroatoms. The third-order valence-electron chi connectivity index (χ3n) is 2.63. The number of benzene rings is 1. The van der Waals surface area contributed by atoms with Crippen molar-refractivity contribution in [2.75, 3.05) is 12.4 Å².